The Hall–Kier alpha value is -4.56. The maximum atomic E-state index is 2.26. The highest BCUT2D eigenvalue weighted by molar-refractivity contribution is 6.04. The number of benzene rings is 4. The zero-order valence-electron chi connectivity index (χ0n) is 23.8. The van der Waals surface area contributed by atoms with Gasteiger partial charge in [0.1, 0.15) is 0 Å². The van der Waals surface area contributed by atoms with Crippen LogP contribution in [-0.2, 0) is 0 Å². The standard InChI is InChI=1S/C38H36N2/c1-27(2)29-9-13-33(14-10-29)39-23-19-31(20-24-39)35-17-18-36(38-8-6-5-7-37(35)38)32-21-25-40(26-22-32)34-15-11-30(12-16-34)28(3)4/h5-28H,1-4H3/q+2. The summed E-state index contributed by atoms with van der Waals surface area (Å²) in [6.07, 6.45) is 8.64. The molecular weight excluding hydrogens is 484 g/mol. The van der Waals surface area contributed by atoms with Gasteiger partial charge in [-0.25, -0.2) is 0 Å². The zero-order valence-corrected chi connectivity index (χ0v) is 23.8. The molecule has 2 nitrogen and oxygen atoms in total. The summed E-state index contributed by atoms with van der Waals surface area (Å²) >= 11 is 0. The molecule has 0 aliphatic carbocycles. The van der Waals surface area contributed by atoms with Gasteiger partial charge in [-0.2, -0.15) is 9.13 Å². The van der Waals surface area contributed by atoms with Crippen molar-refractivity contribution in [3.8, 4) is 33.6 Å². The van der Waals surface area contributed by atoms with Gasteiger partial charge in [-0.1, -0.05) is 88.4 Å². The highest BCUT2D eigenvalue weighted by Gasteiger charge is 2.14. The van der Waals surface area contributed by atoms with Crippen LogP contribution >= 0.6 is 0 Å². The molecule has 2 aromatic heterocycles. The molecule has 0 atom stereocenters. The monoisotopic (exact) mass is 520 g/mol. The molecule has 40 heavy (non-hydrogen) atoms. The number of hydrogen-bond acceptors (Lipinski definition) is 0. The average Bonchev–Trinajstić information content (AvgIpc) is 3.01. The van der Waals surface area contributed by atoms with Crippen molar-refractivity contribution in [2.75, 3.05) is 0 Å². The van der Waals surface area contributed by atoms with Crippen molar-refractivity contribution in [2.24, 2.45) is 0 Å². The molecule has 0 amide bonds. The SMILES string of the molecule is CC(C)c1ccc(-[n+]2ccc(-c3ccc(-c4cc[n+](-c5ccc(C(C)C)cc5)cc4)c4ccccc34)cc2)cc1. The van der Waals surface area contributed by atoms with Crippen LogP contribution in [0.3, 0.4) is 0 Å². The molecule has 0 spiro atoms. The minimum atomic E-state index is 0.538. The first-order valence-corrected chi connectivity index (χ1v) is 14.2. The van der Waals surface area contributed by atoms with Gasteiger partial charge >= 0.3 is 0 Å². The Morgan fingerprint density at radius 1 is 0.400 bits per heavy atom. The van der Waals surface area contributed by atoms with E-state index in [1.54, 1.807) is 0 Å². The summed E-state index contributed by atoms with van der Waals surface area (Å²) in [5.74, 6) is 1.08. The van der Waals surface area contributed by atoms with Gasteiger partial charge < -0.3 is 0 Å². The van der Waals surface area contributed by atoms with Crippen LogP contribution in [0, 0.1) is 0 Å². The Morgan fingerprint density at radius 2 is 0.750 bits per heavy atom. The molecule has 0 unspecified atom stereocenters. The molecule has 0 N–H and O–H groups in total. The normalized spacial score (nSPS) is 11.4. The predicted octanol–water partition coefficient (Wildman–Crippen LogP) is 8.97. The number of hydrogen-bond donors (Lipinski definition) is 0. The number of nitrogens with zero attached hydrogens (tertiary/aromatic N) is 2. The maximum absolute atomic E-state index is 2.26. The smallest absolute Gasteiger partial charge is 0.167 e. The highest BCUT2D eigenvalue weighted by Crippen LogP contribution is 2.35. The van der Waals surface area contributed by atoms with Gasteiger partial charge in [-0.15, -0.1) is 0 Å². The summed E-state index contributed by atoms with van der Waals surface area (Å²) in [7, 11) is 0. The van der Waals surface area contributed by atoms with Gasteiger partial charge in [0, 0.05) is 48.5 Å². The predicted molar refractivity (Wildman–Crippen MR) is 166 cm³/mol. The van der Waals surface area contributed by atoms with Crippen molar-refractivity contribution in [3.05, 3.63) is 145 Å². The third-order valence-corrected chi connectivity index (χ3v) is 7.92. The van der Waals surface area contributed by atoms with Gasteiger partial charge in [-0.05, 0) is 56.0 Å². The first kappa shape index (κ1) is 25.7. The van der Waals surface area contributed by atoms with Gasteiger partial charge in [0.2, 0.25) is 11.4 Å². The molecule has 2 heteroatoms. The van der Waals surface area contributed by atoms with Gasteiger partial charge in [0.05, 0.1) is 0 Å². The second kappa shape index (κ2) is 10.9. The van der Waals surface area contributed by atoms with Crippen molar-refractivity contribution in [3.63, 3.8) is 0 Å². The topological polar surface area (TPSA) is 7.76 Å². The first-order valence-electron chi connectivity index (χ1n) is 14.2. The van der Waals surface area contributed by atoms with E-state index >= 15 is 0 Å². The minimum absolute atomic E-state index is 0.538. The van der Waals surface area contributed by atoms with Gasteiger partial charge in [0.15, 0.2) is 24.8 Å². The third kappa shape index (κ3) is 5.05. The first-order chi connectivity index (χ1) is 19.5. The molecule has 0 aliphatic rings. The average molecular weight is 521 g/mol. The van der Waals surface area contributed by atoms with E-state index in [1.807, 2.05) is 0 Å². The molecule has 0 aliphatic heterocycles. The Bertz CT molecular complexity index is 1610. The van der Waals surface area contributed by atoms with E-state index in [4.69, 9.17) is 0 Å². The Balaban J connectivity index is 1.31. The van der Waals surface area contributed by atoms with E-state index in [-0.39, 0.29) is 0 Å². The van der Waals surface area contributed by atoms with E-state index in [1.165, 1.54) is 55.5 Å². The Labute approximate surface area is 237 Å². The van der Waals surface area contributed by atoms with E-state index in [0.29, 0.717) is 11.8 Å². The fourth-order valence-corrected chi connectivity index (χ4v) is 5.42. The summed E-state index contributed by atoms with van der Waals surface area (Å²) in [6.45, 7) is 8.92. The van der Waals surface area contributed by atoms with Crippen LogP contribution in [-0.4, -0.2) is 0 Å². The summed E-state index contributed by atoms with van der Waals surface area (Å²) in [4.78, 5) is 0. The van der Waals surface area contributed by atoms with Gasteiger partial charge in [0.25, 0.3) is 0 Å². The number of rotatable bonds is 6. The van der Waals surface area contributed by atoms with Crippen molar-refractivity contribution < 1.29 is 9.13 Å². The summed E-state index contributed by atoms with van der Waals surface area (Å²) in [5, 5.41) is 2.53. The molecule has 6 aromatic rings. The molecule has 0 saturated carbocycles. The van der Waals surface area contributed by atoms with Gasteiger partial charge in [-0.3, -0.25) is 0 Å². The number of aromatic nitrogens is 2. The Morgan fingerprint density at radius 3 is 1.07 bits per heavy atom. The van der Waals surface area contributed by atoms with E-state index in [9.17, 15) is 0 Å². The molecule has 0 fully saturated rings. The van der Waals surface area contributed by atoms with Crippen LogP contribution < -0.4 is 9.13 Å². The largest absolute Gasteiger partial charge is 0.210 e. The highest BCUT2D eigenvalue weighted by atomic mass is 14.9. The fraction of sp³-hybridized carbons (Fsp3) is 0.158. The van der Waals surface area contributed by atoms with Crippen LogP contribution in [0.25, 0.3) is 44.4 Å². The molecule has 0 radical (unpaired) electrons. The van der Waals surface area contributed by atoms with E-state index in [0.717, 1.165) is 0 Å². The van der Waals surface area contributed by atoms with Crippen LogP contribution in [0.4, 0.5) is 0 Å². The molecule has 4 aromatic carbocycles. The number of fused-ring (bicyclic) bond motifs is 1. The lowest BCUT2D eigenvalue weighted by Crippen LogP contribution is -2.29. The maximum Gasteiger partial charge on any atom is 0.210 e. The third-order valence-electron chi connectivity index (χ3n) is 7.92. The second-order valence-electron chi connectivity index (χ2n) is 11.2. The van der Waals surface area contributed by atoms with E-state index < -0.39 is 0 Å². The molecule has 2 heterocycles. The Kier molecular flexibility index (Phi) is 7.00. The van der Waals surface area contributed by atoms with E-state index in [2.05, 4.69) is 171 Å². The van der Waals surface area contributed by atoms with Crippen molar-refractivity contribution in [2.45, 2.75) is 39.5 Å². The lowest BCUT2D eigenvalue weighted by atomic mass is 9.93. The lowest BCUT2D eigenvalue weighted by Gasteiger charge is -2.12. The fourth-order valence-electron chi connectivity index (χ4n) is 5.42. The summed E-state index contributed by atoms with van der Waals surface area (Å²) in [5.41, 5.74) is 10.0. The van der Waals surface area contributed by atoms with Crippen LogP contribution in [0.2, 0.25) is 0 Å². The van der Waals surface area contributed by atoms with Crippen molar-refractivity contribution in [1.29, 1.82) is 0 Å². The minimum Gasteiger partial charge on any atom is -0.167 e. The van der Waals surface area contributed by atoms with Crippen molar-refractivity contribution in [1.82, 2.24) is 0 Å². The lowest BCUT2D eigenvalue weighted by molar-refractivity contribution is -0.595. The number of pyridine rings is 2. The molecular formula is C38H36N2+2. The van der Waals surface area contributed by atoms with Crippen LogP contribution in [0.5, 0.6) is 0 Å². The molecule has 0 saturated heterocycles. The van der Waals surface area contributed by atoms with Crippen molar-refractivity contribution >= 4 is 10.8 Å². The van der Waals surface area contributed by atoms with Crippen LogP contribution in [0.1, 0.15) is 50.7 Å². The molecule has 6 rings (SSSR count). The zero-order chi connectivity index (χ0) is 27.6. The summed E-state index contributed by atoms with van der Waals surface area (Å²) in [6, 6.07) is 39.8. The quantitative estimate of drug-likeness (QED) is 0.194. The molecule has 0 bridgehead atoms. The second-order valence-corrected chi connectivity index (χ2v) is 11.2. The summed E-state index contributed by atoms with van der Waals surface area (Å²) < 4.78 is 4.36. The van der Waals surface area contributed by atoms with Crippen LogP contribution in [0.15, 0.2) is 134 Å². The molecule has 196 valence electrons.